The molecule has 0 unspecified atom stereocenters. The van der Waals surface area contributed by atoms with E-state index < -0.39 is 13.9 Å². The van der Waals surface area contributed by atoms with Gasteiger partial charge in [0.15, 0.2) is 8.32 Å². The molecule has 1 N–H and O–H groups in total. The fourth-order valence-corrected chi connectivity index (χ4v) is 4.29. The zero-order valence-electron chi connectivity index (χ0n) is 17.5. The van der Waals surface area contributed by atoms with Crippen LogP contribution in [0.4, 0.5) is 4.79 Å². The molecular formula is C19H39NO4Si. The second-order valence-corrected chi connectivity index (χ2v) is 14.4. The minimum absolute atomic E-state index is 0.0220. The van der Waals surface area contributed by atoms with E-state index in [-0.39, 0.29) is 29.9 Å². The van der Waals surface area contributed by atoms with Gasteiger partial charge in [0, 0.05) is 13.2 Å². The van der Waals surface area contributed by atoms with Crippen molar-refractivity contribution in [1.82, 2.24) is 4.90 Å². The number of amides is 1. The van der Waals surface area contributed by atoms with Gasteiger partial charge in [0.25, 0.3) is 0 Å². The van der Waals surface area contributed by atoms with Crippen molar-refractivity contribution in [3.63, 3.8) is 0 Å². The van der Waals surface area contributed by atoms with Crippen LogP contribution in [0.3, 0.4) is 0 Å². The molecule has 148 valence electrons. The van der Waals surface area contributed by atoms with Gasteiger partial charge in [-0.2, -0.15) is 0 Å². The average molecular weight is 374 g/mol. The summed E-state index contributed by atoms with van der Waals surface area (Å²) in [5, 5.41) is 9.42. The van der Waals surface area contributed by atoms with Crippen LogP contribution in [-0.4, -0.2) is 55.3 Å². The summed E-state index contributed by atoms with van der Waals surface area (Å²) >= 11 is 0. The molecule has 1 saturated heterocycles. The number of hydrogen-bond donors (Lipinski definition) is 1. The molecule has 6 heteroatoms. The van der Waals surface area contributed by atoms with Crippen molar-refractivity contribution in [2.24, 2.45) is 0 Å². The van der Waals surface area contributed by atoms with Gasteiger partial charge in [-0.05, 0) is 64.6 Å². The number of aliphatic hydroxyl groups excluding tert-OH is 1. The summed E-state index contributed by atoms with van der Waals surface area (Å²) in [6.07, 6.45) is 3.06. The first kappa shape index (κ1) is 22.4. The second-order valence-electron chi connectivity index (χ2n) is 9.67. The zero-order chi connectivity index (χ0) is 19.5. The molecule has 0 radical (unpaired) electrons. The molecule has 0 aliphatic carbocycles. The maximum absolute atomic E-state index is 12.7. The van der Waals surface area contributed by atoms with Gasteiger partial charge < -0.3 is 19.2 Å². The highest BCUT2D eigenvalue weighted by atomic mass is 28.4. The van der Waals surface area contributed by atoms with Crippen LogP contribution in [-0.2, 0) is 9.16 Å². The molecule has 0 aromatic rings. The molecule has 2 atom stereocenters. The van der Waals surface area contributed by atoms with Crippen LogP contribution in [0.1, 0.15) is 67.2 Å². The Labute approximate surface area is 155 Å². The van der Waals surface area contributed by atoms with E-state index in [0.29, 0.717) is 13.0 Å². The van der Waals surface area contributed by atoms with E-state index in [1.165, 1.54) is 0 Å². The van der Waals surface area contributed by atoms with Gasteiger partial charge in [-0.3, -0.25) is 0 Å². The number of rotatable bonds is 5. The molecular weight excluding hydrogens is 334 g/mol. The molecule has 0 aromatic carbocycles. The smallest absolute Gasteiger partial charge is 0.410 e. The average Bonchev–Trinajstić information content (AvgIpc) is 2.42. The summed E-state index contributed by atoms with van der Waals surface area (Å²) in [4.78, 5) is 14.5. The number of hydrogen-bond acceptors (Lipinski definition) is 4. The first-order valence-corrected chi connectivity index (χ1v) is 12.5. The van der Waals surface area contributed by atoms with Crippen LogP contribution in [0.2, 0.25) is 18.1 Å². The van der Waals surface area contributed by atoms with Crippen LogP contribution in [0.5, 0.6) is 0 Å². The molecule has 0 saturated carbocycles. The Morgan fingerprint density at radius 2 is 1.80 bits per heavy atom. The van der Waals surface area contributed by atoms with Crippen LogP contribution in [0.25, 0.3) is 0 Å². The Morgan fingerprint density at radius 1 is 1.20 bits per heavy atom. The lowest BCUT2D eigenvalue weighted by atomic mass is 9.95. The number of piperidine rings is 1. The van der Waals surface area contributed by atoms with Gasteiger partial charge in [-0.15, -0.1) is 0 Å². The van der Waals surface area contributed by atoms with E-state index in [1.807, 2.05) is 25.7 Å². The van der Waals surface area contributed by atoms with Gasteiger partial charge in [0.1, 0.15) is 5.60 Å². The van der Waals surface area contributed by atoms with Crippen LogP contribution in [0.15, 0.2) is 0 Å². The van der Waals surface area contributed by atoms with E-state index in [0.717, 1.165) is 19.3 Å². The van der Waals surface area contributed by atoms with Crippen molar-refractivity contribution >= 4 is 14.4 Å². The van der Waals surface area contributed by atoms with Gasteiger partial charge in [-0.1, -0.05) is 20.8 Å². The number of carbonyl (C=O) groups is 1. The van der Waals surface area contributed by atoms with Gasteiger partial charge >= 0.3 is 6.09 Å². The lowest BCUT2D eigenvalue weighted by molar-refractivity contribution is -0.0226. The lowest BCUT2D eigenvalue weighted by Gasteiger charge is -2.46. The van der Waals surface area contributed by atoms with Crippen molar-refractivity contribution in [2.75, 3.05) is 13.2 Å². The predicted molar refractivity (Wildman–Crippen MR) is 104 cm³/mol. The largest absolute Gasteiger partial charge is 0.444 e. The predicted octanol–water partition coefficient (Wildman–Crippen LogP) is 4.55. The number of nitrogens with zero attached hydrogens (tertiary/aromatic N) is 1. The van der Waals surface area contributed by atoms with E-state index in [1.54, 1.807) is 0 Å². The molecule has 5 nitrogen and oxygen atoms in total. The van der Waals surface area contributed by atoms with E-state index in [4.69, 9.17) is 9.16 Å². The lowest BCUT2D eigenvalue weighted by Crippen LogP contribution is -2.56. The molecule has 1 aliphatic rings. The van der Waals surface area contributed by atoms with E-state index in [9.17, 15) is 9.90 Å². The third kappa shape index (κ3) is 6.57. The molecule has 1 amide bonds. The van der Waals surface area contributed by atoms with Crippen LogP contribution in [0, 0.1) is 0 Å². The SMILES string of the molecule is CC(C)(C)OC(=O)N1CCC[C@@H](O[Si](C)(C)C(C)(C)C)[C@H]1CCCO. The molecule has 25 heavy (non-hydrogen) atoms. The standard InChI is InChI=1S/C19H39NO4Si/c1-18(2,3)23-17(22)20-13-9-12-16(15(20)11-10-14-21)24-25(7,8)19(4,5)6/h15-16,21H,9-14H2,1-8H3/t15-,16-/m1/s1. The van der Waals surface area contributed by atoms with Crippen molar-refractivity contribution in [3.8, 4) is 0 Å². The molecule has 1 heterocycles. The topological polar surface area (TPSA) is 59.0 Å². The normalized spacial score (nSPS) is 22.8. The second kappa shape index (κ2) is 8.40. The minimum Gasteiger partial charge on any atom is -0.444 e. The summed E-state index contributed by atoms with van der Waals surface area (Å²) < 4.78 is 12.3. The van der Waals surface area contributed by atoms with Crippen LogP contribution < -0.4 is 0 Å². The molecule has 0 bridgehead atoms. The van der Waals surface area contributed by atoms with Crippen molar-refractivity contribution in [3.05, 3.63) is 0 Å². The van der Waals surface area contributed by atoms with Crippen molar-refractivity contribution in [1.29, 1.82) is 0 Å². The number of ether oxygens (including phenoxy) is 1. The summed E-state index contributed by atoms with van der Waals surface area (Å²) in [7, 11) is -1.93. The molecule has 1 fully saturated rings. The summed E-state index contributed by atoms with van der Waals surface area (Å²) in [6.45, 7) is 17.7. The van der Waals surface area contributed by atoms with E-state index in [2.05, 4.69) is 33.9 Å². The minimum atomic E-state index is -1.93. The molecule has 1 aliphatic heterocycles. The zero-order valence-corrected chi connectivity index (χ0v) is 18.5. The maximum Gasteiger partial charge on any atom is 0.410 e. The Hall–Kier alpha value is -0.593. The maximum atomic E-state index is 12.7. The third-order valence-corrected chi connectivity index (χ3v) is 9.76. The highest BCUT2D eigenvalue weighted by Crippen LogP contribution is 2.39. The number of carbonyl (C=O) groups excluding carboxylic acids is 1. The Kier molecular flexibility index (Phi) is 7.54. The van der Waals surface area contributed by atoms with Crippen molar-refractivity contribution < 1.29 is 19.1 Å². The van der Waals surface area contributed by atoms with Gasteiger partial charge in [-0.25, -0.2) is 4.79 Å². The highest BCUT2D eigenvalue weighted by Gasteiger charge is 2.44. The quantitative estimate of drug-likeness (QED) is 0.718. The Balaban J connectivity index is 2.97. The fraction of sp³-hybridized carbons (Fsp3) is 0.947. The van der Waals surface area contributed by atoms with Crippen LogP contribution >= 0.6 is 0 Å². The van der Waals surface area contributed by atoms with Gasteiger partial charge in [0.2, 0.25) is 0 Å². The van der Waals surface area contributed by atoms with Crippen molar-refractivity contribution in [2.45, 2.75) is 103 Å². The first-order chi connectivity index (χ1) is 11.3. The molecule has 0 aromatic heterocycles. The summed E-state index contributed by atoms with van der Waals surface area (Å²) in [5.74, 6) is 0. The highest BCUT2D eigenvalue weighted by molar-refractivity contribution is 6.74. The monoisotopic (exact) mass is 373 g/mol. The Morgan fingerprint density at radius 3 is 2.28 bits per heavy atom. The fourth-order valence-electron chi connectivity index (χ4n) is 2.90. The third-order valence-electron chi connectivity index (χ3n) is 5.26. The Bertz CT molecular complexity index is 440. The number of likely N-dealkylation sites (tertiary alicyclic amines) is 1. The molecule has 1 rings (SSSR count). The van der Waals surface area contributed by atoms with E-state index >= 15 is 0 Å². The molecule has 0 spiro atoms. The summed E-state index contributed by atoms with van der Waals surface area (Å²) in [6, 6.07) is -0.0233. The number of aliphatic hydroxyl groups is 1. The summed E-state index contributed by atoms with van der Waals surface area (Å²) in [5.41, 5.74) is -0.508. The van der Waals surface area contributed by atoms with Gasteiger partial charge in [0.05, 0.1) is 12.1 Å². The first-order valence-electron chi connectivity index (χ1n) is 9.57.